The number of carbonyl (C=O) groups is 3. The van der Waals surface area contributed by atoms with E-state index >= 15 is 0 Å². The Morgan fingerprint density at radius 1 is 1.17 bits per heavy atom. The van der Waals surface area contributed by atoms with Gasteiger partial charge in [-0.05, 0) is 88.2 Å². The smallest absolute Gasteiger partial charge is 0.341 e. The number of thiophene rings is 1. The quantitative estimate of drug-likeness (QED) is 0.366. The van der Waals surface area contributed by atoms with Crippen LogP contribution in [0.1, 0.15) is 53.4 Å². The molecule has 1 aliphatic carbocycles. The fourth-order valence-corrected chi connectivity index (χ4v) is 6.39. The van der Waals surface area contributed by atoms with Gasteiger partial charge in [-0.15, -0.1) is 11.3 Å². The van der Waals surface area contributed by atoms with Crippen LogP contribution >= 0.6 is 27.3 Å². The van der Waals surface area contributed by atoms with E-state index < -0.39 is 18.0 Å². The molecular weight excluding hydrogens is 532 g/mol. The van der Waals surface area contributed by atoms with Crippen LogP contribution < -0.4 is 21.3 Å². The number of halogens is 1. The summed E-state index contributed by atoms with van der Waals surface area (Å²) < 4.78 is 6.14. The predicted molar refractivity (Wildman–Crippen MR) is 141 cm³/mol. The molecule has 1 unspecified atom stereocenters. The van der Waals surface area contributed by atoms with Gasteiger partial charge in [0.15, 0.2) is 0 Å². The van der Waals surface area contributed by atoms with E-state index in [1.807, 2.05) is 24.3 Å². The molecule has 2 aromatic rings. The first kappa shape index (κ1) is 25.7. The Bertz CT molecular complexity index is 1080. The second-order valence-corrected chi connectivity index (χ2v) is 10.8. The van der Waals surface area contributed by atoms with Crippen molar-refractivity contribution in [1.29, 1.82) is 0 Å². The van der Waals surface area contributed by atoms with Crippen LogP contribution in [0.4, 0.5) is 15.5 Å². The number of carbonyl (C=O) groups excluding carboxylic acids is 3. The minimum absolute atomic E-state index is 0.00442. The predicted octanol–water partition coefficient (Wildman–Crippen LogP) is 4.69. The lowest BCUT2D eigenvalue weighted by atomic mass is 9.89. The summed E-state index contributed by atoms with van der Waals surface area (Å²) in [7, 11) is 0. The summed E-state index contributed by atoms with van der Waals surface area (Å²) in [6.45, 7) is 3.62. The molecule has 2 aliphatic rings. The summed E-state index contributed by atoms with van der Waals surface area (Å²) >= 11 is 4.85. The van der Waals surface area contributed by atoms with Crippen molar-refractivity contribution in [3.63, 3.8) is 0 Å². The van der Waals surface area contributed by atoms with E-state index in [0.29, 0.717) is 16.3 Å². The molecule has 0 radical (unpaired) electrons. The molecule has 1 atom stereocenters. The summed E-state index contributed by atoms with van der Waals surface area (Å²) in [5.41, 5.74) is 2.09. The number of amides is 3. The second kappa shape index (κ2) is 12.0. The van der Waals surface area contributed by atoms with Crippen molar-refractivity contribution in [2.75, 3.05) is 30.3 Å². The van der Waals surface area contributed by atoms with Crippen molar-refractivity contribution < 1.29 is 19.1 Å². The van der Waals surface area contributed by atoms with Gasteiger partial charge in [0.1, 0.15) is 11.0 Å². The molecule has 2 heterocycles. The van der Waals surface area contributed by atoms with E-state index in [-0.39, 0.29) is 18.4 Å². The fraction of sp³-hybridized carbons (Fsp3) is 0.480. The Kier molecular flexibility index (Phi) is 8.80. The zero-order valence-corrected chi connectivity index (χ0v) is 22.1. The first-order chi connectivity index (χ1) is 17.0. The van der Waals surface area contributed by atoms with E-state index in [9.17, 15) is 14.4 Å². The van der Waals surface area contributed by atoms with Crippen LogP contribution in [0.25, 0.3) is 0 Å². The number of ether oxygens (including phenoxy) is 1. The van der Waals surface area contributed by atoms with Gasteiger partial charge in [-0.2, -0.15) is 0 Å². The van der Waals surface area contributed by atoms with Crippen LogP contribution in [-0.4, -0.2) is 43.6 Å². The molecule has 0 bridgehead atoms. The Hall–Kier alpha value is -2.43. The first-order valence-electron chi connectivity index (χ1n) is 12.1. The number of rotatable bonds is 7. The second-order valence-electron chi connectivity index (χ2n) is 8.80. The van der Waals surface area contributed by atoms with E-state index in [2.05, 4.69) is 37.2 Å². The number of hydrogen-bond acceptors (Lipinski definition) is 6. The standard InChI is InChI=1S/C25H31BrN4O4S/c1-2-34-24(32)20-18-8-3-4-9-19(18)35-23(20)30-25(33)29-21(15-10-12-27-13-11-15)22(31)28-17-7-5-6-16(26)14-17/h5-7,14-15,21,27H,2-4,8-13H2,1H3,(H,28,31)(H2,29,30,33). The molecular formula is C25H31BrN4O4S. The van der Waals surface area contributed by atoms with Crippen molar-refractivity contribution in [3.8, 4) is 0 Å². The fourth-order valence-electron chi connectivity index (χ4n) is 4.71. The van der Waals surface area contributed by atoms with E-state index in [0.717, 1.165) is 66.5 Å². The number of anilines is 2. The van der Waals surface area contributed by atoms with Gasteiger partial charge < -0.3 is 20.7 Å². The molecule has 8 nitrogen and oxygen atoms in total. The molecule has 1 saturated heterocycles. The summed E-state index contributed by atoms with van der Waals surface area (Å²) in [6, 6.07) is 6.14. The zero-order valence-electron chi connectivity index (χ0n) is 19.7. The van der Waals surface area contributed by atoms with Crippen LogP contribution in [0.5, 0.6) is 0 Å². The van der Waals surface area contributed by atoms with Crippen LogP contribution in [0.15, 0.2) is 28.7 Å². The molecule has 188 valence electrons. The third-order valence-corrected chi connectivity index (χ3v) is 8.09. The monoisotopic (exact) mass is 562 g/mol. The lowest BCUT2D eigenvalue weighted by molar-refractivity contribution is -0.119. The topological polar surface area (TPSA) is 109 Å². The Balaban J connectivity index is 1.52. The van der Waals surface area contributed by atoms with Gasteiger partial charge in [0.25, 0.3) is 0 Å². The van der Waals surface area contributed by atoms with Crippen molar-refractivity contribution in [2.45, 2.75) is 51.5 Å². The SMILES string of the molecule is CCOC(=O)c1c(NC(=O)NC(C(=O)Nc2cccc(Br)c2)C2CCNCC2)sc2c1CCCC2. The van der Waals surface area contributed by atoms with E-state index in [1.54, 1.807) is 6.92 Å². The average molecular weight is 564 g/mol. The highest BCUT2D eigenvalue weighted by Crippen LogP contribution is 2.38. The van der Waals surface area contributed by atoms with Gasteiger partial charge in [0.05, 0.1) is 12.2 Å². The first-order valence-corrected chi connectivity index (χ1v) is 13.7. The van der Waals surface area contributed by atoms with Crippen molar-refractivity contribution >= 4 is 55.9 Å². The molecule has 1 aromatic carbocycles. The summed E-state index contributed by atoms with van der Waals surface area (Å²) in [5, 5.41) is 12.5. The molecule has 1 aliphatic heterocycles. The third kappa shape index (κ3) is 6.42. The molecule has 35 heavy (non-hydrogen) atoms. The number of fused-ring (bicyclic) bond motifs is 1. The minimum Gasteiger partial charge on any atom is -0.462 e. The number of piperidine rings is 1. The maximum absolute atomic E-state index is 13.3. The highest BCUT2D eigenvalue weighted by molar-refractivity contribution is 9.10. The number of benzene rings is 1. The Labute approximate surface area is 217 Å². The van der Waals surface area contributed by atoms with Gasteiger partial charge >= 0.3 is 12.0 Å². The van der Waals surface area contributed by atoms with E-state index in [1.165, 1.54) is 11.3 Å². The van der Waals surface area contributed by atoms with Crippen molar-refractivity contribution in [3.05, 3.63) is 44.7 Å². The lowest BCUT2D eigenvalue weighted by Gasteiger charge is -2.30. The largest absolute Gasteiger partial charge is 0.462 e. The Morgan fingerprint density at radius 2 is 1.94 bits per heavy atom. The van der Waals surface area contributed by atoms with Gasteiger partial charge in [-0.25, -0.2) is 9.59 Å². The van der Waals surface area contributed by atoms with Gasteiger partial charge in [0.2, 0.25) is 5.91 Å². The third-order valence-electron chi connectivity index (χ3n) is 6.39. The summed E-state index contributed by atoms with van der Waals surface area (Å²) in [6.07, 6.45) is 5.32. The summed E-state index contributed by atoms with van der Waals surface area (Å²) in [5.74, 6) is -0.680. The van der Waals surface area contributed by atoms with Crippen LogP contribution in [0, 0.1) is 5.92 Å². The minimum atomic E-state index is -0.711. The average Bonchev–Trinajstić information content (AvgIpc) is 3.21. The van der Waals surface area contributed by atoms with Gasteiger partial charge in [-0.1, -0.05) is 22.0 Å². The maximum Gasteiger partial charge on any atom is 0.341 e. The van der Waals surface area contributed by atoms with Crippen LogP contribution in [-0.2, 0) is 22.4 Å². The molecule has 3 amide bonds. The highest BCUT2D eigenvalue weighted by Gasteiger charge is 2.32. The molecule has 0 spiro atoms. The normalized spacial score (nSPS) is 16.6. The number of nitrogens with one attached hydrogen (secondary N) is 4. The molecule has 10 heteroatoms. The molecule has 4 rings (SSSR count). The number of aryl methyl sites for hydroxylation is 1. The zero-order chi connectivity index (χ0) is 24.8. The number of hydrogen-bond donors (Lipinski definition) is 4. The molecule has 0 saturated carbocycles. The maximum atomic E-state index is 13.3. The van der Waals surface area contributed by atoms with Gasteiger partial charge in [-0.3, -0.25) is 10.1 Å². The molecule has 1 aromatic heterocycles. The van der Waals surface area contributed by atoms with Crippen molar-refractivity contribution in [2.24, 2.45) is 5.92 Å². The van der Waals surface area contributed by atoms with Crippen LogP contribution in [0.3, 0.4) is 0 Å². The number of urea groups is 1. The van der Waals surface area contributed by atoms with Crippen molar-refractivity contribution in [1.82, 2.24) is 10.6 Å². The van der Waals surface area contributed by atoms with E-state index in [4.69, 9.17) is 4.74 Å². The number of esters is 1. The lowest BCUT2D eigenvalue weighted by Crippen LogP contribution is -2.52. The van der Waals surface area contributed by atoms with Crippen LogP contribution in [0.2, 0.25) is 0 Å². The highest BCUT2D eigenvalue weighted by atomic mass is 79.9. The van der Waals surface area contributed by atoms with Gasteiger partial charge in [0, 0.05) is 15.0 Å². The summed E-state index contributed by atoms with van der Waals surface area (Å²) in [4.78, 5) is 40.3. The molecule has 1 fully saturated rings. The molecule has 4 N–H and O–H groups in total. The Morgan fingerprint density at radius 3 is 2.69 bits per heavy atom.